The first-order valence-corrected chi connectivity index (χ1v) is 8.08. The van der Waals surface area contributed by atoms with E-state index in [1.165, 1.54) is 32.3 Å². The second-order valence-electron chi connectivity index (χ2n) is 4.41. The normalized spacial score (nSPS) is 11.7. The van der Waals surface area contributed by atoms with E-state index in [0.29, 0.717) is 18.7 Å². The largest absolute Gasteiger partial charge is 0.339 e. The van der Waals surface area contributed by atoms with Gasteiger partial charge in [-0.2, -0.15) is 0 Å². The lowest BCUT2D eigenvalue weighted by molar-refractivity contribution is 0.0772. The van der Waals surface area contributed by atoms with Crippen LogP contribution in [-0.2, 0) is 10.0 Å². The van der Waals surface area contributed by atoms with Gasteiger partial charge in [0, 0.05) is 32.7 Å². The highest BCUT2D eigenvalue weighted by atomic mass is 35.5. The van der Waals surface area contributed by atoms with E-state index in [9.17, 15) is 13.2 Å². The first-order chi connectivity index (χ1) is 9.25. The van der Waals surface area contributed by atoms with E-state index < -0.39 is 10.0 Å². The third-order valence-corrected chi connectivity index (χ3v) is 5.28. The molecule has 0 bridgehead atoms. The van der Waals surface area contributed by atoms with Crippen LogP contribution >= 0.6 is 11.6 Å². The maximum Gasteiger partial charge on any atom is 0.253 e. The molecule has 0 spiro atoms. The van der Waals surface area contributed by atoms with Crippen LogP contribution in [0.15, 0.2) is 23.1 Å². The van der Waals surface area contributed by atoms with Crippen molar-refractivity contribution in [2.24, 2.45) is 0 Å². The van der Waals surface area contributed by atoms with E-state index >= 15 is 0 Å². The Labute approximate surface area is 125 Å². The fourth-order valence-electron chi connectivity index (χ4n) is 1.72. The van der Waals surface area contributed by atoms with Gasteiger partial charge in [-0.25, -0.2) is 12.7 Å². The van der Waals surface area contributed by atoms with Crippen LogP contribution in [-0.4, -0.2) is 50.7 Å². The van der Waals surface area contributed by atoms with Gasteiger partial charge in [0.2, 0.25) is 10.0 Å². The molecule has 0 aromatic heterocycles. The Morgan fingerprint density at radius 2 is 1.75 bits per heavy atom. The van der Waals surface area contributed by atoms with Crippen molar-refractivity contribution >= 4 is 27.5 Å². The summed E-state index contributed by atoms with van der Waals surface area (Å²) in [4.78, 5) is 13.8. The molecule has 1 aromatic rings. The number of benzene rings is 1. The van der Waals surface area contributed by atoms with E-state index in [-0.39, 0.29) is 15.8 Å². The molecule has 5 nitrogen and oxygen atoms in total. The summed E-state index contributed by atoms with van der Waals surface area (Å²) < 4.78 is 25.4. The number of carbonyl (C=O) groups is 1. The van der Waals surface area contributed by atoms with E-state index in [1.54, 1.807) is 4.90 Å². The summed E-state index contributed by atoms with van der Waals surface area (Å²) in [6, 6.07) is 4.31. The lowest BCUT2D eigenvalue weighted by atomic mass is 10.2. The van der Waals surface area contributed by atoms with Crippen molar-refractivity contribution in [2.45, 2.75) is 18.7 Å². The Bertz CT molecular complexity index is 596. The first-order valence-electron chi connectivity index (χ1n) is 6.27. The smallest absolute Gasteiger partial charge is 0.253 e. The van der Waals surface area contributed by atoms with Crippen molar-refractivity contribution in [1.29, 1.82) is 0 Å². The molecule has 112 valence electrons. The van der Waals surface area contributed by atoms with E-state index in [1.807, 2.05) is 13.8 Å². The molecule has 0 saturated carbocycles. The number of sulfonamides is 1. The lowest BCUT2D eigenvalue weighted by Crippen LogP contribution is -2.31. The van der Waals surface area contributed by atoms with Crippen molar-refractivity contribution in [2.75, 3.05) is 27.2 Å². The van der Waals surface area contributed by atoms with Crippen molar-refractivity contribution in [3.8, 4) is 0 Å². The number of amides is 1. The molecule has 0 saturated heterocycles. The number of carbonyl (C=O) groups excluding carboxylic acids is 1. The third-order valence-electron chi connectivity index (χ3n) is 2.99. The van der Waals surface area contributed by atoms with Gasteiger partial charge in [-0.1, -0.05) is 11.6 Å². The number of halogens is 1. The second kappa shape index (κ2) is 6.56. The predicted molar refractivity (Wildman–Crippen MR) is 79.6 cm³/mol. The van der Waals surface area contributed by atoms with Gasteiger partial charge in [0.25, 0.3) is 5.91 Å². The summed E-state index contributed by atoms with van der Waals surface area (Å²) in [5.74, 6) is -0.207. The maximum atomic E-state index is 12.2. The van der Waals surface area contributed by atoms with Crippen LogP contribution in [0.5, 0.6) is 0 Å². The SMILES string of the molecule is CCN(CC)C(=O)c1ccc(Cl)c(S(=O)(=O)N(C)C)c1. The fraction of sp³-hybridized carbons (Fsp3) is 0.462. The highest BCUT2D eigenvalue weighted by Crippen LogP contribution is 2.25. The average molecular weight is 319 g/mol. The van der Waals surface area contributed by atoms with Gasteiger partial charge in [-0.3, -0.25) is 4.79 Å². The molecule has 0 heterocycles. The summed E-state index contributed by atoms with van der Waals surface area (Å²) in [6.07, 6.45) is 0. The van der Waals surface area contributed by atoms with Gasteiger partial charge in [-0.15, -0.1) is 0 Å². The van der Waals surface area contributed by atoms with Crippen molar-refractivity contribution < 1.29 is 13.2 Å². The Hall–Kier alpha value is -1.11. The summed E-state index contributed by atoms with van der Waals surface area (Å²) in [5, 5.41) is 0.106. The molecular weight excluding hydrogens is 300 g/mol. The van der Waals surface area contributed by atoms with Gasteiger partial charge in [0.15, 0.2) is 0 Å². The monoisotopic (exact) mass is 318 g/mol. The van der Waals surface area contributed by atoms with Crippen LogP contribution < -0.4 is 0 Å². The molecule has 0 atom stereocenters. The van der Waals surface area contributed by atoms with Gasteiger partial charge >= 0.3 is 0 Å². The zero-order valence-corrected chi connectivity index (χ0v) is 13.6. The summed E-state index contributed by atoms with van der Waals surface area (Å²) >= 11 is 5.95. The van der Waals surface area contributed by atoms with Gasteiger partial charge in [0.1, 0.15) is 4.90 Å². The molecule has 1 rings (SSSR count). The Kier molecular flexibility index (Phi) is 5.56. The molecule has 0 aliphatic rings. The minimum atomic E-state index is -3.67. The van der Waals surface area contributed by atoms with Gasteiger partial charge < -0.3 is 4.90 Å². The minimum absolute atomic E-state index is 0.0535. The highest BCUT2D eigenvalue weighted by Gasteiger charge is 2.23. The van der Waals surface area contributed by atoms with Gasteiger partial charge in [0.05, 0.1) is 5.02 Å². The molecule has 0 unspecified atom stereocenters. The molecule has 0 aliphatic carbocycles. The quantitative estimate of drug-likeness (QED) is 0.835. The zero-order chi connectivity index (χ0) is 15.5. The number of hydrogen-bond acceptors (Lipinski definition) is 3. The number of nitrogens with zero attached hydrogens (tertiary/aromatic N) is 2. The van der Waals surface area contributed by atoms with E-state index in [0.717, 1.165) is 4.31 Å². The summed E-state index contributed by atoms with van der Waals surface area (Å²) in [6.45, 7) is 4.87. The van der Waals surface area contributed by atoms with Crippen LogP contribution in [0.3, 0.4) is 0 Å². The van der Waals surface area contributed by atoms with Crippen molar-refractivity contribution in [1.82, 2.24) is 9.21 Å². The van der Waals surface area contributed by atoms with Crippen molar-refractivity contribution in [3.63, 3.8) is 0 Å². The third kappa shape index (κ3) is 3.31. The topological polar surface area (TPSA) is 57.7 Å². The molecule has 7 heteroatoms. The minimum Gasteiger partial charge on any atom is -0.339 e. The molecule has 1 amide bonds. The lowest BCUT2D eigenvalue weighted by Gasteiger charge is -2.19. The second-order valence-corrected chi connectivity index (χ2v) is 6.94. The van der Waals surface area contributed by atoms with Crippen LogP contribution in [0.4, 0.5) is 0 Å². The standard InChI is InChI=1S/C13H19ClN2O3S/c1-5-16(6-2)13(17)10-7-8-11(14)12(9-10)20(18,19)15(3)4/h7-9H,5-6H2,1-4H3. The molecule has 0 aliphatic heterocycles. The fourth-order valence-corrected chi connectivity index (χ4v) is 3.12. The summed E-state index contributed by atoms with van der Waals surface area (Å²) in [7, 11) is -0.830. The van der Waals surface area contributed by atoms with Crippen molar-refractivity contribution in [3.05, 3.63) is 28.8 Å². The molecule has 0 fully saturated rings. The first kappa shape index (κ1) is 16.9. The Morgan fingerprint density at radius 3 is 2.20 bits per heavy atom. The Balaban J connectivity index is 3.33. The van der Waals surface area contributed by atoms with Crippen LogP contribution in [0.1, 0.15) is 24.2 Å². The molecule has 1 aromatic carbocycles. The Morgan fingerprint density at radius 1 is 1.20 bits per heavy atom. The van der Waals surface area contributed by atoms with Crippen LogP contribution in [0, 0.1) is 0 Å². The molecule has 20 heavy (non-hydrogen) atoms. The van der Waals surface area contributed by atoms with E-state index in [4.69, 9.17) is 11.6 Å². The average Bonchev–Trinajstić information content (AvgIpc) is 2.40. The number of rotatable bonds is 5. The summed E-state index contributed by atoms with van der Waals surface area (Å²) in [5.41, 5.74) is 0.318. The van der Waals surface area contributed by atoms with Gasteiger partial charge in [-0.05, 0) is 32.0 Å². The molecular formula is C13H19ClN2O3S. The van der Waals surface area contributed by atoms with Crippen LogP contribution in [0.2, 0.25) is 5.02 Å². The number of hydrogen-bond donors (Lipinski definition) is 0. The van der Waals surface area contributed by atoms with E-state index in [2.05, 4.69) is 0 Å². The molecule has 0 radical (unpaired) electrons. The maximum absolute atomic E-state index is 12.2. The van der Waals surface area contributed by atoms with Crippen LogP contribution in [0.25, 0.3) is 0 Å². The predicted octanol–water partition coefficient (Wildman–Crippen LogP) is 2.07. The highest BCUT2D eigenvalue weighted by molar-refractivity contribution is 7.89. The molecule has 0 N–H and O–H groups in total. The zero-order valence-electron chi connectivity index (χ0n) is 12.1.